The summed E-state index contributed by atoms with van der Waals surface area (Å²) >= 11 is 0. The molecule has 28 heavy (non-hydrogen) atoms. The van der Waals surface area contributed by atoms with Gasteiger partial charge in [0.05, 0.1) is 52.9 Å². The zero-order chi connectivity index (χ0) is 20.1. The van der Waals surface area contributed by atoms with Crippen LogP contribution in [0.4, 0.5) is 4.79 Å². The molecule has 0 saturated carbocycles. The lowest BCUT2D eigenvalue weighted by Gasteiger charge is -2.08. The Balaban J connectivity index is 1.77. The normalized spacial score (nSPS) is 10.3. The van der Waals surface area contributed by atoms with Gasteiger partial charge in [0.25, 0.3) is 0 Å². The van der Waals surface area contributed by atoms with Crippen LogP contribution in [0.2, 0.25) is 0 Å². The van der Waals surface area contributed by atoms with Crippen LogP contribution in [0.3, 0.4) is 0 Å². The Bertz CT molecular complexity index is 554. The molecule has 0 fully saturated rings. The van der Waals surface area contributed by atoms with Crippen molar-refractivity contribution in [1.29, 1.82) is 0 Å². The summed E-state index contributed by atoms with van der Waals surface area (Å²) in [7, 11) is 0. The lowest BCUT2D eigenvalue weighted by Crippen LogP contribution is -2.28. The number of nitrogens with zero attached hydrogens (tertiary/aromatic N) is 3. The second kappa shape index (κ2) is 18.0. The van der Waals surface area contributed by atoms with E-state index >= 15 is 0 Å². The molecule has 0 spiro atoms. The van der Waals surface area contributed by atoms with Gasteiger partial charge < -0.3 is 29.0 Å². The first-order valence-corrected chi connectivity index (χ1v) is 9.09. The highest BCUT2D eigenvalue weighted by Crippen LogP contribution is 2.00. The van der Waals surface area contributed by atoms with Crippen molar-refractivity contribution < 1.29 is 28.5 Å². The molecule has 1 rings (SSSR count). The summed E-state index contributed by atoms with van der Waals surface area (Å²) in [6.45, 7) is 4.43. The third-order valence-corrected chi connectivity index (χ3v) is 3.24. The predicted octanol–water partition coefficient (Wildman–Crippen LogP) is 2.29. The van der Waals surface area contributed by atoms with Gasteiger partial charge in [0.15, 0.2) is 0 Å². The van der Waals surface area contributed by atoms with E-state index < -0.39 is 6.09 Å². The van der Waals surface area contributed by atoms with Crippen LogP contribution >= 0.6 is 0 Å². The monoisotopic (exact) mass is 396 g/mol. The molecule has 1 N–H and O–H groups in total. The van der Waals surface area contributed by atoms with Gasteiger partial charge in [-0.25, -0.2) is 4.79 Å². The first-order valence-electron chi connectivity index (χ1n) is 9.09. The van der Waals surface area contributed by atoms with Gasteiger partial charge in [-0.2, -0.15) is 0 Å². The summed E-state index contributed by atoms with van der Waals surface area (Å²) in [6.07, 6.45) is -0.470. The lowest BCUT2D eigenvalue weighted by atomic mass is 10.2. The fraction of sp³-hybridized carbons (Fsp3) is 0.611. The summed E-state index contributed by atoms with van der Waals surface area (Å²) < 4.78 is 26.3. The van der Waals surface area contributed by atoms with Crippen LogP contribution in [0.5, 0.6) is 0 Å². The number of carbonyl (C=O) groups excluding carboxylic acids is 1. The molecule has 10 nitrogen and oxygen atoms in total. The quantitative estimate of drug-likeness (QED) is 0.186. The first kappa shape index (κ1) is 23.7. The molecule has 1 amide bonds. The molecular weight excluding hydrogens is 368 g/mol. The van der Waals surface area contributed by atoms with Crippen molar-refractivity contribution in [2.45, 2.75) is 6.61 Å². The summed E-state index contributed by atoms with van der Waals surface area (Å²) in [5.41, 5.74) is 9.02. The van der Waals surface area contributed by atoms with Crippen LogP contribution in [-0.2, 0) is 30.3 Å². The first-order chi connectivity index (χ1) is 13.8. The molecule has 0 aromatic heterocycles. The van der Waals surface area contributed by atoms with Crippen LogP contribution in [0, 0.1) is 0 Å². The Morgan fingerprint density at radius 1 is 0.893 bits per heavy atom. The highest BCUT2D eigenvalue weighted by molar-refractivity contribution is 5.67. The zero-order valence-electron chi connectivity index (χ0n) is 16.0. The smallest absolute Gasteiger partial charge is 0.407 e. The van der Waals surface area contributed by atoms with Crippen molar-refractivity contribution in [3.8, 4) is 0 Å². The number of azide groups is 1. The molecule has 0 saturated heterocycles. The molecule has 0 aliphatic carbocycles. The maximum atomic E-state index is 11.5. The number of carbonyl (C=O) groups is 1. The van der Waals surface area contributed by atoms with Crippen LogP contribution in [0.1, 0.15) is 5.56 Å². The topological polar surface area (TPSA) is 124 Å². The average molecular weight is 396 g/mol. The van der Waals surface area contributed by atoms with Crippen molar-refractivity contribution in [1.82, 2.24) is 5.32 Å². The number of nitrogens with one attached hydrogen (secondary N) is 1. The third-order valence-electron chi connectivity index (χ3n) is 3.24. The van der Waals surface area contributed by atoms with Gasteiger partial charge in [0, 0.05) is 18.0 Å². The molecule has 0 bridgehead atoms. The van der Waals surface area contributed by atoms with Gasteiger partial charge in [-0.1, -0.05) is 35.4 Å². The van der Waals surface area contributed by atoms with E-state index in [0.717, 1.165) is 5.56 Å². The van der Waals surface area contributed by atoms with Gasteiger partial charge in [-0.15, -0.1) is 0 Å². The maximum Gasteiger partial charge on any atom is 0.407 e. The number of hydrogen-bond acceptors (Lipinski definition) is 7. The summed E-state index contributed by atoms with van der Waals surface area (Å²) in [4.78, 5) is 14.1. The zero-order valence-corrected chi connectivity index (χ0v) is 16.0. The van der Waals surface area contributed by atoms with Crippen LogP contribution in [0.25, 0.3) is 10.4 Å². The van der Waals surface area contributed by atoms with E-state index in [1.165, 1.54) is 0 Å². The van der Waals surface area contributed by atoms with Gasteiger partial charge >= 0.3 is 6.09 Å². The number of alkyl carbamates (subject to hydrolysis) is 1. The molecule has 0 aliphatic heterocycles. The van der Waals surface area contributed by atoms with Crippen molar-refractivity contribution in [3.05, 3.63) is 46.3 Å². The van der Waals surface area contributed by atoms with E-state index in [1.54, 1.807) is 0 Å². The van der Waals surface area contributed by atoms with Crippen molar-refractivity contribution in [3.63, 3.8) is 0 Å². The highest BCUT2D eigenvalue weighted by atomic mass is 16.6. The van der Waals surface area contributed by atoms with Crippen molar-refractivity contribution in [2.24, 2.45) is 5.11 Å². The number of ether oxygens (including phenoxy) is 5. The highest BCUT2D eigenvalue weighted by Gasteiger charge is 2.01. The number of amides is 1. The summed E-state index contributed by atoms with van der Waals surface area (Å²) in [5, 5.41) is 5.97. The summed E-state index contributed by atoms with van der Waals surface area (Å²) in [6, 6.07) is 9.48. The van der Waals surface area contributed by atoms with Crippen LogP contribution < -0.4 is 5.32 Å². The minimum Gasteiger partial charge on any atom is -0.445 e. The lowest BCUT2D eigenvalue weighted by molar-refractivity contribution is -0.000646. The number of hydrogen-bond donors (Lipinski definition) is 1. The Hall–Kier alpha value is -2.36. The molecule has 0 atom stereocenters. The Labute approximate surface area is 164 Å². The van der Waals surface area contributed by atoms with Gasteiger partial charge in [0.2, 0.25) is 0 Å². The molecule has 0 unspecified atom stereocenters. The maximum absolute atomic E-state index is 11.5. The van der Waals surface area contributed by atoms with E-state index in [0.29, 0.717) is 65.9 Å². The standard InChI is InChI=1S/C18H28N4O6/c19-22-21-7-9-25-11-13-27-15-14-26-12-10-24-8-6-20-18(23)28-16-17-4-2-1-3-5-17/h1-5H,6-16H2,(H,20,23). The van der Waals surface area contributed by atoms with Crippen molar-refractivity contribution in [2.75, 3.05) is 65.9 Å². The fourth-order valence-corrected chi connectivity index (χ4v) is 1.91. The Morgan fingerprint density at radius 2 is 1.46 bits per heavy atom. The molecule has 0 heterocycles. The molecule has 0 radical (unpaired) electrons. The van der Waals surface area contributed by atoms with E-state index in [1.807, 2.05) is 30.3 Å². The fourth-order valence-electron chi connectivity index (χ4n) is 1.91. The minimum absolute atomic E-state index is 0.241. The number of rotatable bonds is 17. The molecule has 10 heteroatoms. The predicted molar refractivity (Wildman–Crippen MR) is 102 cm³/mol. The Kier molecular flexibility index (Phi) is 15.2. The molecule has 156 valence electrons. The summed E-state index contributed by atoms with van der Waals surface area (Å²) in [5.74, 6) is 0. The number of benzene rings is 1. The SMILES string of the molecule is [N-]=[N+]=NCCOCCOCCOCCOCCNC(=O)OCc1ccccc1. The Morgan fingerprint density at radius 3 is 2.07 bits per heavy atom. The molecule has 0 aliphatic rings. The van der Waals surface area contributed by atoms with Crippen LogP contribution in [-0.4, -0.2) is 72.0 Å². The third kappa shape index (κ3) is 14.8. The average Bonchev–Trinajstić information content (AvgIpc) is 2.72. The van der Waals surface area contributed by atoms with E-state index in [4.69, 9.17) is 29.2 Å². The second-order valence-electron chi connectivity index (χ2n) is 5.39. The van der Waals surface area contributed by atoms with Gasteiger partial charge in [-0.05, 0) is 11.1 Å². The second-order valence-corrected chi connectivity index (χ2v) is 5.39. The van der Waals surface area contributed by atoms with E-state index in [2.05, 4.69) is 15.3 Å². The van der Waals surface area contributed by atoms with Gasteiger partial charge in [-0.3, -0.25) is 0 Å². The largest absolute Gasteiger partial charge is 0.445 e. The van der Waals surface area contributed by atoms with E-state index in [-0.39, 0.29) is 6.61 Å². The van der Waals surface area contributed by atoms with Gasteiger partial charge in [0.1, 0.15) is 6.61 Å². The van der Waals surface area contributed by atoms with E-state index in [9.17, 15) is 4.79 Å². The molecule has 1 aromatic carbocycles. The molecular formula is C18H28N4O6. The van der Waals surface area contributed by atoms with Crippen LogP contribution in [0.15, 0.2) is 35.4 Å². The minimum atomic E-state index is -0.470. The molecule has 1 aromatic rings. The van der Waals surface area contributed by atoms with Crippen molar-refractivity contribution >= 4 is 6.09 Å².